The first-order chi connectivity index (χ1) is 8.16. The lowest BCUT2D eigenvalue weighted by Crippen LogP contribution is -2.46. The van der Waals surface area contributed by atoms with Crippen LogP contribution in [0.2, 0.25) is 0 Å². The molecule has 1 fully saturated rings. The van der Waals surface area contributed by atoms with Crippen molar-refractivity contribution in [3.05, 3.63) is 24.3 Å². The molecule has 1 heterocycles. The van der Waals surface area contributed by atoms with Gasteiger partial charge in [0.1, 0.15) is 5.75 Å². The van der Waals surface area contributed by atoms with Gasteiger partial charge >= 0.3 is 5.97 Å². The molecule has 1 aromatic carbocycles. The van der Waals surface area contributed by atoms with Gasteiger partial charge in [-0.05, 0) is 24.3 Å². The Morgan fingerprint density at radius 2 is 2.18 bits per heavy atom. The highest BCUT2D eigenvalue weighted by atomic mass is 16.5. The minimum absolute atomic E-state index is 0.189. The van der Waals surface area contributed by atoms with E-state index in [0.717, 1.165) is 11.4 Å². The number of hydrogen-bond acceptors (Lipinski definition) is 4. The monoisotopic (exact) mass is 237 g/mol. The largest absolute Gasteiger partial charge is 0.497 e. The molecule has 2 N–H and O–H groups in total. The van der Waals surface area contributed by atoms with Crippen molar-refractivity contribution in [2.24, 2.45) is 0 Å². The molecule has 0 saturated carbocycles. The summed E-state index contributed by atoms with van der Waals surface area (Å²) in [6.07, 6.45) is 0.467. The number of carbonyl (C=O) groups is 1. The SMILES string of the molecule is COc1ccc(NC2(C(=O)O)CCOC2)cc1. The highest BCUT2D eigenvalue weighted by Crippen LogP contribution is 2.25. The lowest BCUT2D eigenvalue weighted by atomic mass is 9.98. The highest BCUT2D eigenvalue weighted by molar-refractivity contribution is 5.83. The Hall–Kier alpha value is -1.75. The number of aliphatic carboxylic acids is 1. The summed E-state index contributed by atoms with van der Waals surface area (Å²) >= 11 is 0. The van der Waals surface area contributed by atoms with Crippen LogP contribution in [-0.4, -0.2) is 36.9 Å². The van der Waals surface area contributed by atoms with Crippen LogP contribution in [-0.2, 0) is 9.53 Å². The molecule has 0 spiro atoms. The second kappa shape index (κ2) is 4.63. The standard InChI is InChI=1S/C12H15NO4/c1-16-10-4-2-9(3-5-10)13-12(11(14)15)6-7-17-8-12/h2-5,13H,6-8H2,1H3,(H,14,15). The molecule has 1 aliphatic heterocycles. The number of carboxylic acid groups (broad SMARTS) is 1. The Labute approximate surface area is 99.3 Å². The van der Waals surface area contributed by atoms with Crippen LogP contribution in [0, 0.1) is 0 Å². The van der Waals surface area contributed by atoms with Gasteiger partial charge in [-0.3, -0.25) is 0 Å². The van der Waals surface area contributed by atoms with Gasteiger partial charge in [-0.15, -0.1) is 0 Å². The molecule has 2 rings (SSSR count). The second-order valence-electron chi connectivity index (χ2n) is 4.04. The van der Waals surface area contributed by atoms with Gasteiger partial charge in [0.05, 0.1) is 13.7 Å². The van der Waals surface area contributed by atoms with Crippen molar-refractivity contribution >= 4 is 11.7 Å². The fourth-order valence-electron chi connectivity index (χ4n) is 1.84. The van der Waals surface area contributed by atoms with E-state index in [1.165, 1.54) is 0 Å². The first kappa shape index (κ1) is 11.7. The first-order valence-electron chi connectivity index (χ1n) is 5.40. The van der Waals surface area contributed by atoms with Gasteiger partial charge in [0.2, 0.25) is 0 Å². The fraction of sp³-hybridized carbons (Fsp3) is 0.417. The second-order valence-corrected chi connectivity index (χ2v) is 4.04. The van der Waals surface area contributed by atoms with Crippen LogP contribution in [0.4, 0.5) is 5.69 Å². The molecular formula is C12H15NO4. The number of anilines is 1. The molecule has 1 aromatic rings. The average molecular weight is 237 g/mol. The van der Waals surface area contributed by atoms with Crippen molar-refractivity contribution in [1.82, 2.24) is 0 Å². The summed E-state index contributed by atoms with van der Waals surface area (Å²) in [6.45, 7) is 0.657. The molecule has 1 aliphatic rings. The minimum Gasteiger partial charge on any atom is -0.497 e. The van der Waals surface area contributed by atoms with Gasteiger partial charge < -0.3 is 19.9 Å². The number of ether oxygens (including phenoxy) is 2. The maximum Gasteiger partial charge on any atom is 0.331 e. The number of rotatable bonds is 4. The quantitative estimate of drug-likeness (QED) is 0.827. The van der Waals surface area contributed by atoms with E-state index < -0.39 is 11.5 Å². The molecule has 0 radical (unpaired) electrons. The number of hydrogen-bond donors (Lipinski definition) is 2. The summed E-state index contributed by atoms with van der Waals surface area (Å²) in [4.78, 5) is 11.3. The topological polar surface area (TPSA) is 67.8 Å². The zero-order valence-corrected chi connectivity index (χ0v) is 9.60. The third-order valence-corrected chi connectivity index (χ3v) is 2.90. The van der Waals surface area contributed by atoms with E-state index in [1.807, 2.05) is 0 Å². The molecule has 0 amide bonds. The highest BCUT2D eigenvalue weighted by Gasteiger charge is 2.42. The maximum atomic E-state index is 11.3. The molecule has 5 nitrogen and oxygen atoms in total. The molecule has 1 atom stereocenters. The lowest BCUT2D eigenvalue weighted by Gasteiger charge is -2.25. The van der Waals surface area contributed by atoms with Crippen LogP contribution in [0.15, 0.2) is 24.3 Å². The van der Waals surface area contributed by atoms with Crippen molar-refractivity contribution in [2.75, 3.05) is 25.6 Å². The fourth-order valence-corrected chi connectivity index (χ4v) is 1.84. The molecule has 5 heteroatoms. The number of nitrogens with one attached hydrogen (secondary N) is 1. The summed E-state index contributed by atoms with van der Waals surface area (Å²) < 4.78 is 10.2. The van der Waals surface area contributed by atoms with E-state index in [4.69, 9.17) is 9.47 Å². The van der Waals surface area contributed by atoms with Crippen LogP contribution < -0.4 is 10.1 Å². The summed E-state index contributed by atoms with van der Waals surface area (Å²) in [7, 11) is 1.59. The number of carboxylic acids is 1. The minimum atomic E-state index is -1.01. The zero-order valence-electron chi connectivity index (χ0n) is 9.60. The maximum absolute atomic E-state index is 11.3. The van der Waals surface area contributed by atoms with Crippen LogP contribution in [0.1, 0.15) is 6.42 Å². The first-order valence-corrected chi connectivity index (χ1v) is 5.40. The molecular weight excluding hydrogens is 222 g/mol. The van der Waals surface area contributed by atoms with E-state index in [-0.39, 0.29) is 6.61 Å². The van der Waals surface area contributed by atoms with Crippen molar-refractivity contribution in [1.29, 1.82) is 0 Å². The van der Waals surface area contributed by atoms with E-state index in [9.17, 15) is 9.90 Å². The molecule has 92 valence electrons. The van der Waals surface area contributed by atoms with Crippen LogP contribution in [0.3, 0.4) is 0 Å². The van der Waals surface area contributed by atoms with E-state index in [1.54, 1.807) is 31.4 Å². The number of methoxy groups -OCH3 is 1. The summed E-state index contributed by atoms with van der Waals surface area (Å²) in [5.41, 5.74) is -0.257. The summed E-state index contributed by atoms with van der Waals surface area (Å²) in [5, 5.41) is 12.3. The third kappa shape index (κ3) is 2.34. The predicted molar refractivity (Wildman–Crippen MR) is 62.4 cm³/mol. The van der Waals surface area contributed by atoms with Crippen LogP contribution >= 0.6 is 0 Å². The average Bonchev–Trinajstić information content (AvgIpc) is 2.80. The molecule has 17 heavy (non-hydrogen) atoms. The molecule has 1 saturated heterocycles. The van der Waals surface area contributed by atoms with Gasteiger partial charge in [0.25, 0.3) is 0 Å². The van der Waals surface area contributed by atoms with Crippen LogP contribution in [0.25, 0.3) is 0 Å². The van der Waals surface area contributed by atoms with Crippen LogP contribution in [0.5, 0.6) is 5.75 Å². The predicted octanol–water partition coefficient (Wildman–Crippen LogP) is 1.35. The summed E-state index contributed by atoms with van der Waals surface area (Å²) in [6, 6.07) is 7.16. The Morgan fingerprint density at radius 1 is 1.47 bits per heavy atom. The van der Waals surface area contributed by atoms with Gasteiger partial charge in [-0.1, -0.05) is 0 Å². The van der Waals surface area contributed by atoms with Gasteiger partial charge in [-0.25, -0.2) is 4.79 Å². The normalized spacial score (nSPS) is 23.4. The van der Waals surface area contributed by atoms with E-state index in [0.29, 0.717) is 13.0 Å². The third-order valence-electron chi connectivity index (χ3n) is 2.90. The van der Waals surface area contributed by atoms with Crippen molar-refractivity contribution in [2.45, 2.75) is 12.0 Å². The molecule has 0 aliphatic carbocycles. The van der Waals surface area contributed by atoms with Gasteiger partial charge in [0, 0.05) is 18.7 Å². The molecule has 0 aromatic heterocycles. The molecule has 1 unspecified atom stereocenters. The Balaban J connectivity index is 2.15. The van der Waals surface area contributed by atoms with E-state index >= 15 is 0 Å². The van der Waals surface area contributed by atoms with Crippen molar-refractivity contribution < 1.29 is 19.4 Å². The Bertz CT molecular complexity index is 395. The zero-order chi connectivity index (χ0) is 12.3. The Morgan fingerprint density at radius 3 is 2.65 bits per heavy atom. The summed E-state index contributed by atoms with van der Waals surface area (Å²) in [5.74, 6) is -0.145. The lowest BCUT2D eigenvalue weighted by molar-refractivity contribution is -0.142. The number of benzene rings is 1. The van der Waals surface area contributed by atoms with Crippen molar-refractivity contribution in [3.8, 4) is 5.75 Å². The smallest absolute Gasteiger partial charge is 0.331 e. The van der Waals surface area contributed by atoms with Gasteiger partial charge in [-0.2, -0.15) is 0 Å². The molecule has 0 bridgehead atoms. The van der Waals surface area contributed by atoms with E-state index in [2.05, 4.69) is 5.32 Å². The van der Waals surface area contributed by atoms with Gasteiger partial charge in [0.15, 0.2) is 5.54 Å². The van der Waals surface area contributed by atoms with Crippen molar-refractivity contribution in [3.63, 3.8) is 0 Å². The Kier molecular flexibility index (Phi) is 3.19.